The molecule has 0 bridgehead atoms. The molecule has 1 heterocycles. The molecule has 0 spiro atoms. The third-order valence-electron chi connectivity index (χ3n) is 2.46. The van der Waals surface area contributed by atoms with E-state index in [0.29, 0.717) is 23.7 Å². The lowest BCUT2D eigenvalue weighted by atomic mass is 10.2. The molecule has 0 saturated carbocycles. The largest absolute Gasteiger partial charge is 0.489 e. The van der Waals surface area contributed by atoms with Crippen LogP contribution in [0.1, 0.15) is 19.4 Å². The topological polar surface area (TPSA) is 35.5 Å². The van der Waals surface area contributed by atoms with E-state index < -0.39 is 0 Å². The Morgan fingerprint density at radius 3 is 2.65 bits per heavy atom. The van der Waals surface area contributed by atoms with Gasteiger partial charge in [-0.15, -0.1) is 0 Å². The van der Waals surface area contributed by atoms with E-state index in [0.717, 1.165) is 5.56 Å². The average Bonchev–Trinajstić information content (AvgIpc) is 2.59. The Balaban J connectivity index is 2.34. The van der Waals surface area contributed by atoms with Crippen LogP contribution in [0.2, 0.25) is 0 Å². The zero-order valence-electron chi connectivity index (χ0n) is 9.90. The zero-order chi connectivity index (χ0) is 12.3. The van der Waals surface area contributed by atoms with Crippen molar-refractivity contribution in [1.82, 2.24) is 0 Å². The fraction of sp³-hybridized carbons (Fsp3) is 0.214. The van der Waals surface area contributed by atoms with Gasteiger partial charge in [0.2, 0.25) is 0 Å². The summed E-state index contributed by atoms with van der Waals surface area (Å²) in [6.45, 7) is 4.10. The van der Waals surface area contributed by atoms with Gasteiger partial charge in [0, 0.05) is 0 Å². The van der Waals surface area contributed by atoms with Gasteiger partial charge in [-0.05, 0) is 25.5 Å². The Bertz CT molecular complexity index is 483. The molecule has 0 unspecified atom stereocenters. The Morgan fingerprint density at radius 2 is 2.00 bits per heavy atom. The monoisotopic (exact) mass is 230 g/mol. The molecule has 0 fully saturated rings. The molecule has 1 aliphatic heterocycles. The van der Waals surface area contributed by atoms with Crippen LogP contribution in [0.25, 0.3) is 6.08 Å². The maximum absolute atomic E-state index is 11.5. The van der Waals surface area contributed by atoms with Gasteiger partial charge in [-0.2, -0.15) is 0 Å². The summed E-state index contributed by atoms with van der Waals surface area (Å²) in [7, 11) is 0. The molecule has 0 aliphatic carbocycles. The molecule has 88 valence electrons. The quantitative estimate of drug-likeness (QED) is 0.749. The number of hydrogen-bond donors (Lipinski definition) is 0. The van der Waals surface area contributed by atoms with Gasteiger partial charge in [-0.3, -0.25) is 0 Å². The Kier molecular flexibility index (Phi) is 3.28. The molecule has 17 heavy (non-hydrogen) atoms. The van der Waals surface area contributed by atoms with E-state index in [9.17, 15) is 4.79 Å². The lowest BCUT2D eigenvalue weighted by molar-refractivity contribution is -0.133. The number of benzene rings is 1. The van der Waals surface area contributed by atoms with Gasteiger partial charge in [0.1, 0.15) is 0 Å². The SMILES string of the molecule is CCOC1=C(C)C(=O)O/C1=C\c1ccccc1. The molecule has 0 amide bonds. The summed E-state index contributed by atoms with van der Waals surface area (Å²) in [5.74, 6) is 0.692. The molecule has 1 aromatic carbocycles. The fourth-order valence-electron chi connectivity index (χ4n) is 1.62. The van der Waals surface area contributed by atoms with Crippen LogP contribution >= 0.6 is 0 Å². The number of ether oxygens (including phenoxy) is 2. The maximum atomic E-state index is 11.5. The van der Waals surface area contributed by atoms with Crippen molar-refractivity contribution in [3.63, 3.8) is 0 Å². The highest BCUT2D eigenvalue weighted by Gasteiger charge is 2.27. The highest BCUT2D eigenvalue weighted by atomic mass is 16.6. The summed E-state index contributed by atoms with van der Waals surface area (Å²) in [6.07, 6.45) is 1.80. The first-order valence-corrected chi connectivity index (χ1v) is 5.55. The second-order valence-electron chi connectivity index (χ2n) is 3.70. The number of rotatable bonds is 3. The van der Waals surface area contributed by atoms with Crippen LogP contribution in [-0.4, -0.2) is 12.6 Å². The third-order valence-corrected chi connectivity index (χ3v) is 2.46. The predicted octanol–water partition coefficient (Wildman–Crippen LogP) is 2.89. The van der Waals surface area contributed by atoms with Crippen LogP contribution < -0.4 is 0 Å². The Labute approximate surface area is 100 Å². The van der Waals surface area contributed by atoms with Crippen molar-refractivity contribution in [2.45, 2.75) is 13.8 Å². The van der Waals surface area contributed by atoms with Crippen LogP contribution in [0.4, 0.5) is 0 Å². The highest BCUT2D eigenvalue weighted by molar-refractivity contribution is 5.94. The molecule has 3 heteroatoms. The standard InChI is InChI=1S/C14H14O3/c1-3-16-13-10(2)14(15)17-12(13)9-11-7-5-4-6-8-11/h4-9H,3H2,1-2H3/b12-9-. The second-order valence-corrected chi connectivity index (χ2v) is 3.70. The van der Waals surface area contributed by atoms with Crippen molar-refractivity contribution in [1.29, 1.82) is 0 Å². The van der Waals surface area contributed by atoms with Gasteiger partial charge in [0.25, 0.3) is 0 Å². The number of esters is 1. The zero-order valence-corrected chi connectivity index (χ0v) is 9.90. The van der Waals surface area contributed by atoms with E-state index in [1.54, 1.807) is 13.0 Å². The molecule has 1 aromatic rings. The van der Waals surface area contributed by atoms with Crippen molar-refractivity contribution in [2.75, 3.05) is 6.61 Å². The minimum atomic E-state index is -0.337. The molecular formula is C14H14O3. The molecule has 3 nitrogen and oxygen atoms in total. The summed E-state index contributed by atoms with van der Waals surface area (Å²) in [6, 6.07) is 9.68. The van der Waals surface area contributed by atoms with Gasteiger partial charge in [-0.1, -0.05) is 30.3 Å². The molecule has 0 radical (unpaired) electrons. The number of hydrogen-bond acceptors (Lipinski definition) is 3. The lowest BCUT2D eigenvalue weighted by Gasteiger charge is -2.05. The van der Waals surface area contributed by atoms with E-state index >= 15 is 0 Å². The van der Waals surface area contributed by atoms with Crippen molar-refractivity contribution >= 4 is 12.0 Å². The van der Waals surface area contributed by atoms with Gasteiger partial charge in [0.15, 0.2) is 11.5 Å². The second kappa shape index (κ2) is 4.87. The summed E-state index contributed by atoms with van der Waals surface area (Å²) < 4.78 is 10.6. The Hall–Kier alpha value is -2.03. The lowest BCUT2D eigenvalue weighted by Crippen LogP contribution is -1.94. The first kappa shape index (κ1) is 11.5. The number of carbonyl (C=O) groups is 1. The molecule has 0 saturated heterocycles. The van der Waals surface area contributed by atoms with E-state index in [2.05, 4.69) is 0 Å². The maximum Gasteiger partial charge on any atom is 0.343 e. The summed E-state index contributed by atoms with van der Waals surface area (Å²) >= 11 is 0. The van der Waals surface area contributed by atoms with E-state index in [1.807, 2.05) is 37.3 Å². The molecular weight excluding hydrogens is 216 g/mol. The van der Waals surface area contributed by atoms with Crippen LogP contribution in [0.3, 0.4) is 0 Å². The van der Waals surface area contributed by atoms with Crippen LogP contribution in [0.15, 0.2) is 47.4 Å². The van der Waals surface area contributed by atoms with Crippen LogP contribution in [0.5, 0.6) is 0 Å². The third kappa shape index (κ3) is 2.38. The molecule has 0 atom stereocenters. The van der Waals surface area contributed by atoms with Gasteiger partial charge >= 0.3 is 5.97 Å². The van der Waals surface area contributed by atoms with Gasteiger partial charge < -0.3 is 9.47 Å². The molecule has 2 rings (SSSR count). The van der Waals surface area contributed by atoms with Gasteiger partial charge in [0.05, 0.1) is 12.2 Å². The fourth-order valence-corrected chi connectivity index (χ4v) is 1.62. The van der Waals surface area contributed by atoms with Gasteiger partial charge in [-0.25, -0.2) is 4.79 Å². The van der Waals surface area contributed by atoms with E-state index in [-0.39, 0.29) is 5.97 Å². The van der Waals surface area contributed by atoms with Crippen molar-refractivity contribution < 1.29 is 14.3 Å². The first-order chi connectivity index (χ1) is 8.22. The van der Waals surface area contributed by atoms with E-state index in [4.69, 9.17) is 9.47 Å². The van der Waals surface area contributed by atoms with Crippen molar-refractivity contribution in [3.05, 3.63) is 53.0 Å². The van der Waals surface area contributed by atoms with Crippen molar-refractivity contribution in [2.24, 2.45) is 0 Å². The summed E-state index contributed by atoms with van der Waals surface area (Å²) in [5.41, 5.74) is 1.50. The molecule has 1 aliphatic rings. The van der Waals surface area contributed by atoms with Crippen LogP contribution in [0, 0.1) is 0 Å². The van der Waals surface area contributed by atoms with Crippen LogP contribution in [-0.2, 0) is 14.3 Å². The average molecular weight is 230 g/mol. The normalized spacial score (nSPS) is 17.5. The smallest absolute Gasteiger partial charge is 0.343 e. The highest BCUT2D eigenvalue weighted by Crippen LogP contribution is 2.28. The minimum Gasteiger partial charge on any atom is -0.489 e. The molecule has 0 aromatic heterocycles. The first-order valence-electron chi connectivity index (χ1n) is 5.55. The predicted molar refractivity (Wildman–Crippen MR) is 64.8 cm³/mol. The summed E-state index contributed by atoms with van der Waals surface area (Å²) in [4.78, 5) is 11.5. The minimum absolute atomic E-state index is 0.337. The Morgan fingerprint density at radius 1 is 1.29 bits per heavy atom. The van der Waals surface area contributed by atoms with E-state index in [1.165, 1.54) is 0 Å². The number of carbonyl (C=O) groups excluding carboxylic acids is 1. The molecule has 0 N–H and O–H groups in total. The number of cyclic esters (lactones) is 1. The summed E-state index contributed by atoms with van der Waals surface area (Å²) in [5, 5.41) is 0. The van der Waals surface area contributed by atoms with Crippen molar-refractivity contribution in [3.8, 4) is 0 Å².